The molecule has 14 heavy (non-hydrogen) atoms. The summed E-state index contributed by atoms with van der Waals surface area (Å²) in [4.78, 5) is 2.39. The van der Waals surface area contributed by atoms with Crippen molar-refractivity contribution in [3.63, 3.8) is 0 Å². The molecule has 1 atom stereocenters. The highest BCUT2D eigenvalue weighted by molar-refractivity contribution is 14.1. The summed E-state index contributed by atoms with van der Waals surface area (Å²) in [6.07, 6.45) is 1.21. The molecule has 78 valence electrons. The van der Waals surface area contributed by atoms with Crippen LogP contribution in [-0.4, -0.2) is 18.0 Å². The van der Waals surface area contributed by atoms with Crippen LogP contribution in [0.4, 0.5) is 0 Å². The van der Waals surface area contributed by atoms with E-state index in [1.165, 1.54) is 15.6 Å². The number of nitrogens with zero attached hydrogens (tertiary/aromatic N) is 1. The van der Waals surface area contributed by atoms with Crippen LogP contribution in [0.5, 0.6) is 0 Å². The molecule has 1 nitrogen and oxygen atoms in total. The minimum atomic E-state index is 0.661. The lowest BCUT2D eigenvalue weighted by Gasteiger charge is -2.23. The molecule has 0 bridgehead atoms. The molecule has 1 rings (SSSR count). The van der Waals surface area contributed by atoms with Gasteiger partial charge in [-0.25, -0.2) is 0 Å². The van der Waals surface area contributed by atoms with E-state index in [-0.39, 0.29) is 0 Å². The molecule has 2 heteroatoms. The van der Waals surface area contributed by atoms with E-state index in [0.717, 1.165) is 6.54 Å². The van der Waals surface area contributed by atoms with Gasteiger partial charge in [0, 0.05) is 16.2 Å². The van der Waals surface area contributed by atoms with Gasteiger partial charge < -0.3 is 0 Å². The third-order valence-corrected chi connectivity index (χ3v) is 3.41. The van der Waals surface area contributed by atoms with Gasteiger partial charge in [0.25, 0.3) is 0 Å². The summed E-state index contributed by atoms with van der Waals surface area (Å²) in [5, 5.41) is 0. The fourth-order valence-corrected chi connectivity index (χ4v) is 1.70. The Balaban J connectivity index is 2.56. The molecule has 0 aromatic heterocycles. The summed E-state index contributed by atoms with van der Waals surface area (Å²) in [7, 11) is 2.19. The first-order chi connectivity index (χ1) is 6.63. The zero-order valence-corrected chi connectivity index (χ0v) is 11.3. The molecule has 0 radical (unpaired) electrons. The molecule has 1 unspecified atom stereocenters. The summed E-state index contributed by atoms with van der Waals surface area (Å²) in [5.41, 5.74) is 1.40. The van der Waals surface area contributed by atoms with Gasteiger partial charge in [0.1, 0.15) is 0 Å². The Morgan fingerprint density at radius 1 is 1.29 bits per heavy atom. The third kappa shape index (κ3) is 3.58. The van der Waals surface area contributed by atoms with Crippen LogP contribution in [0, 0.1) is 3.57 Å². The average Bonchev–Trinajstić information content (AvgIpc) is 2.20. The third-order valence-electron chi connectivity index (χ3n) is 2.69. The Kier molecular flexibility index (Phi) is 4.89. The van der Waals surface area contributed by atoms with Crippen LogP contribution in [0.1, 0.15) is 25.8 Å². The minimum Gasteiger partial charge on any atom is -0.299 e. The van der Waals surface area contributed by atoms with E-state index in [4.69, 9.17) is 0 Å². The van der Waals surface area contributed by atoms with E-state index in [2.05, 4.69) is 72.7 Å². The second-order valence-electron chi connectivity index (χ2n) is 3.80. The quantitative estimate of drug-likeness (QED) is 0.769. The molecular weight excluding hydrogens is 285 g/mol. The van der Waals surface area contributed by atoms with E-state index < -0.39 is 0 Å². The largest absolute Gasteiger partial charge is 0.299 e. The molecule has 0 N–H and O–H groups in total. The van der Waals surface area contributed by atoms with Gasteiger partial charge in [-0.1, -0.05) is 19.1 Å². The SMILES string of the molecule is CCC(C)N(C)Cc1ccc(I)cc1. The lowest BCUT2D eigenvalue weighted by atomic mass is 10.2. The first kappa shape index (κ1) is 12.0. The van der Waals surface area contributed by atoms with Gasteiger partial charge in [-0.15, -0.1) is 0 Å². The monoisotopic (exact) mass is 303 g/mol. The predicted octanol–water partition coefficient (Wildman–Crippen LogP) is 3.52. The highest BCUT2D eigenvalue weighted by Gasteiger charge is 2.06. The fraction of sp³-hybridized carbons (Fsp3) is 0.500. The van der Waals surface area contributed by atoms with Gasteiger partial charge in [-0.3, -0.25) is 4.90 Å². The van der Waals surface area contributed by atoms with Crippen molar-refractivity contribution in [2.75, 3.05) is 7.05 Å². The fourth-order valence-electron chi connectivity index (χ4n) is 1.35. The molecule has 1 aromatic carbocycles. The van der Waals surface area contributed by atoms with Crippen molar-refractivity contribution in [2.24, 2.45) is 0 Å². The second kappa shape index (κ2) is 5.71. The molecule has 0 aliphatic heterocycles. The molecule has 0 spiro atoms. The first-order valence-corrected chi connectivity index (χ1v) is 6.16. The zero-order valence-electron chi connectivity index (χ0n) is 9.13. The van der Waals surface area contributed by atoms with Crippen LogP contribution in [0.15, 0.2) is 24.3 Å². The molecule has 0 aliphatic rings. The van der Waals surface area contributed by atoms with Crippen molar-refractivity contribution >= 4 is 22.6 Å². The van der Waals surface area contributed by atoms with Gasteiger partial charge in [0.05, 0.1) is 0 Å². The standard InChI is InChI=1S/C12H18IN/c1-4-10(2)14(3)9-11-5-7-12(13)8-6-11/h5-8,10H,4,9H2,1-3H3. The van der Waals surface area contributed by atoms with Gasteiger partial charge in [-0.05, 0) is 60.7 Å². The Morgan fingerprint density at radius 3 is 2.36 bits per heavy atom. The number of hydrogen-bond donors (Lipinski definition) is 0. The molecular formula is C12H18IN. The Bertz CT molecular complexity index is 268. The summed E-state index contributed by atoms with van der Waals surface area (Å²) in [6, 6.07) is 9.41. The van der Waals surface area contributed by atoms with Crippen molar-refractivity contribution in [3.8, 4) is 0 Å². The van der Waals surface area contributed by atoms with Crippen LogP contribution < -0.4 is 0 Å². The van der Waals surface area contributed by atoms with Crippen molar-refractivity contribution < 1.29 is 0 Å². The van der Waals surface area contributed by atoms with Crippen LogP contribution in [-0.2, 0) is 6.54 Å². The van der Waals surface area contributed by atoms with E-state index in [1.54, 1.807) is 0 Å². The predicted molar refractivity (Wildman–Crippen MR) is 70.4 cm³/mol. The lowest BCUT2D eigenvalue weighted by molar-refractivity contribution is 0.244. The molecule has 1 aromatic rings. The maximum atomic E-state index is 2.39. The Morgan fingerprint density at radius 2 is 1.86 bits per heavy atom. The van der Waals surface area contributed by atoms with Gasteiger partial charge in [-0.2, -0.15) is 0 Å². The molecule has 0 saturated carbocycles. The number of halogens is 1. The van der Waals surface area contributed by atoms with E-state index >= 15 is 0 Å². The van der Waals surface area contributed by atoms with E-state index in [1.807, 2.05) is 0 Å². The second-order valence-corrected chi connectivity index (χ2v) is 5.04. The van der Waals surface area contributed by atoms with Crippen molar-refractivity contribution in [1.82, 2.24) is 4.90 Å². The minimum absolute atomic E-state index is 0.661. The smallest absolute Gasteiger partial charge is 0.0233 e. The molecule has 0 amide bonds. The summed E-state index contributed by atoms with van der Waals surface area (Å²) < 4.78 is 1.30. The average molecular weight is 303 g/mol. The number of hydrogen-bond acceptors (Lipinski definition) is 1. The van der Waals surface area contributed by atoms with Crippen molar-refractivity contribution in [2.45, 2.75) is 32.9 Å². The van der Waals surface area contributed by atoms with Crippen LogP contribution >= 0.6 is 22.6 Å². The number of rotatable bonds is 4. The maximum Gasteiger partial charge on any atom is 0.0233 e. The van der Waals surface area contributed by atoms with Crippen LogP contribution in [0.3, 0.4) is 0 Å². The van der Waals surface area contributed by atoms with Crippen LogP contribution in [0.25, 0.3) is 0 Å². The van der Waals surface area contributed by atoms with Gasteiger partial charge >= 0.3 is 0 Å². The number of benzene rings is 1. The molecule has 0 heterocycles. The Hall–Kier alpha value is -0.0900. The van der Waals surface area contributed by atoms with E-state index in [9.17, 15) is 0 Å². The van der Waals surface area contributed by atoms with Crippen molar-refractivity contribution in [1.29, 1.82) is 0 Å². The van der Waals surface area contributed by atoms with Gasteiger partial charge in [0.15, 0.2) is 0 Å². The molecule has 0 fully saturated rings. The Labute approximate surface area is 101 Å². The highest BCUT2D eigenvalue weighted by atomic mass is 127. The zero-order chi connectivity index (χ0) is 10.6. The normalized spacial score (nSPS) is 13.2. The van der Waals surface area contributed by atoms with Crippen LogP contribution in [0.2, 0.25) is 0 Å². The topological polar surface area (TPSA) is 3.24 Å². The summed E-state index contributed by atoms with van der Waals surface area (Å²) in [6.45, 7) is 5.55. The summed E-state index contributed by atoms with van der Waals surface area (Å²) >= 11 is 2.34. The lowest BCUT2D eigenvalue weighted by Crippen LogP contribution is -2.27. The summed E-state index contributed by atoms with van der Waals surface area (Å²) in [5.74, 6) is 0. The molecule has 0 aliphatic carbocycles. The first-order valence-electron chi connectivity index (χ1n) is 5.08. The highest BCUT2D eigenvalue weighted by Crippen LogP contribution is 2.10. The van der Waals surface area contributed by atoms with Gasteiger partial charge in [0.2, 0.25) is 0 Å². The molecule has 0 saturated heterocycles. The van der Waals surface area contributed by atoms with Crippen molar-refractivity contribution in [3.05, 3.63) is 33.4 Å². The maximum absolute atomic E-state index is 2.39. The van der Waals surface area contributed by atoms with E-state index in [0.29, 0.717) is 6.04 Å².